The summed E-state index contributed by atoms with van der Waals surface area (Å²) in [5, 5.41) is 11.9. The van der Waals surface area contributed by atoms with Crippen LogP contribution < -0.4 is 5.32 Å². The summed E-state index contributed by atoms with van der Waals surface area (Å²) in [6, 6.07) is 6.22. The van der Waals surface area contributed by atoms with Gasteiger partial charge in [-0.2, -0.15) is 5.26 Å². The Kier molecular flexibility index (Phi) is 4.51. The van der Waals surface area contributed by atoms with Gasteiger partial charge in [0.15, 0.2) is 0 Å². The zero-order chi connectivity index (χ0) is 13.5. The Morgan fingerprint density at radius 3 is 2.95 bits per heavy atom. The maximum Gasteiger partial charge on any atom is 0.126 e. The maximum atomic E-state index is 13.2. The van der Waals surface area contributed by atoms with Gasteiger partial charge in [0.2, 0.25) is 0 Å². The molecule has 19 heavy (non-hydrogen) atoms. The number of nitrogens with zero attached hydrogens (tertiary/aromatic N) is 3. The lowest BCUT2D eigenvalue weighted by molar-refractivity contribution is 0.619. The van der Waals surface area contributed by atoms with Gasteiger partial charge in [-0.25, -0.2) is 9.37 Å². The van der Waals surface area contributed by atoms with E-state index < -0.39 is 0 Å². The molecule has 0 aliphatic rings. The maximum absolute atomic E-state index is 13.2. The molecule has 0 radical (unpaired) electrons. The molecule has 5 heteroatoms. The van der Waals surface area contributed by atoms with E-state index >= 15 is 0 Å². The van der Waals surface area contributed by atoms with E-state index in [4.69, 9.17) is 5.26 Å². The van der Waals surface area contributed by atoms with E-state index in [0.717, 1.165) is 25.9 Å². The van der Waals surface area contributed by atoms with Crippen molar-refractivity contribution in [1.82, 2.24) is 9.55 Å². The van der Waals surface area contributed by atoms with Gasteiger partial charge in [0.05, 0.1) is 18.0 Å². The van der Waals surface area contributed by atoms with E-state index in [1.54, 1.807) is 18.6 Å². The van der Waals surface area contributed by atoms with Gasteiger partial charge in [-0.1, -0.05) is 0 Å². The monoisotopic (exact) mass is 258 g/mol. The fraction of sp³-hybridized carbons (Fsp3) is 0.286. The number of unbranched alkanes of at least 4 members (excludes halogenated alkanes) is 1. The number of imidazole rings is 1. The predicted octanol–water partition coefficient (Wildman–Crippen LogP) is 2.79. The first-order valence-corrected chi connectivity index (χ1v) is 6.18. The summed E-state index contributed by atoms with van der Waals surface area (Å²) in [5.74, 6) is -0.389. The standard InChI is InChI=1S/C14H15FN4/c15-13-7-12(10-16)8-14(9-13)18-3-1-2-5-19-6-4-17-11-19/h4,6-9,11,18H,1-3,5H2. The lowest BCUT2D eigenvalue weighted by Gasteiger charge is -2.07. The van der Waals surface area contributed by atoms with Gasteiger partial charge in [-0.05, 0) is 31.0 Å². The molecule has 4 nitrogen and oxygen atoms in total. The number of hydrogen-bond acceptors (Lipinski definition) is 3. The molecule has 0 saturated carbocycles. The molecule has 2 rings (SSSR count). The van der Waals surface area contributed by atoms with Crippen LogP contribution in [0.15, 0.2) is 36.9 Å². The number of benzene rings is 1. The zero-order valence-corrected chi connectivity index (χ0v) is 10.5. The summed E-state index contributed by atoms with van der Waals surface area (Å²) >= 11 is 0. The molecule has 98 valence electrons. The molecule has 0 unspecified atom stereocenters. The summed E-state index contributed by atoms with van der Waals surface area (Å²) in [5.41, 5.74) is 0.986. The van der Waals surface area contributed by atoms with Crippen LogP contribution in [-0.4, -0.2) is 16.1 Å². The van der Waals surface area contributed by atoms with Gasteiger partial charge < -0.3 is 9.88 Å². The summed E-state index contributed by atoms with van der Waals surface area (Å²) in [4.78, 5) is 3.97. The molecule has 1 heterocycles. The molecule has 1 aromatic heterocycles. The first-order valence-electron chi connectivity index (χ1n) is 6.18. The highest BCUT2D eigenvalue weighted by molar-refractivity contribution is 5.49. The summed E-state index contributed by atoms with van der Waals surface area (Å²) in [6.45, 7) is 1.68. The molecule has 0 aliphatic heterocycles. The second-order valence-electron chi connectivity index (χ2n) is 4.27. The first-order chi connectivity index (χ1) is 9.28. The number of rotatable bonds is 6. The van der Waals surface area contributed by atoms with Crippen molar-refractivity contribution in [2.24, 2.45) is 0 Å². The number of nitrogens with one attached hydrogen (secondary N) is 1. The molecular formula is C14H15FN4. The zero-order valence-electron chi connectivity index (χ0n) is 10.5. The fourth-order valence-electron chi connectivity index (χ4n) is 1.83. The molecule has 0 amide bonds. The van der Waals surface area contributed by atoms with Gasteiger partial charge in [-0.3, -0.25) is 0 Å². The number of anilines is 1. The van der Waals surface area contributed by atoms with Crippen molar-refractivity contribution >= 4 is 5.69 Å². The van der Waals surface area contributed by atoms with Crippen LogP contribution in [0, 0.1) is 17.1 Å². The van der Waals surface area contributed by atoms with Crippen LogP contribution in [0.5, 0.6) is 0 Å². The van der Waals surface area contributed by atoms with Crippen molar-refractivity contribution in [2.45, 2.75) is 19.4 Å². The number of halogens is 1. The Hall–Kier alpha value is -2.35. The Labute approximate surface area is 111 Å². The largest absolute Gasteiger partial charge is 0.385 e. The summed E-state index contributed by atoms with van der Waals surface area (Å²) in [7, 11) is 0. The molecule has 0 aliphatic carbocycles. The highest BCUT2D eigenvalue weighted by Gasteiger charge is 1.99. The van der Waals surface area contributed by atoms with Gasteiger partial charge in [0, 0.05) is 31.2 Å². The van der Waals surface area contributed by atoms with Gasteiger partial charge in [0.25, 0.3) is 0 Å². The summed E-state index contributed by atoms with van der Waals surface area (Å²) < 4.78 is 15.2. The highest BCUT2D eigenvalue weighted by Crippen LogP contribution is 2.13. The van der Waals surface area contributed by atoms with Crippen molar-refractivity contribution in [1.29, 1.82) is 5.26 Å². The summed E-state index contributed by atoms with van der Waals surface area (Å²) in [6.07, 6.45) is 7.47. The molecule has 0 spiro atoms. The molecule has 2 aromatic rings. The van der Waals surface area contributed by atoms with Crippen LogP contribution in [0.4, 0.5) is 10.1 Å². The quantitative estimate of drug-likeness (QED) is 0.810. The fourth-order valence-corrected chi connectivity index (χ4v) is 1.83. The van der Waals surface area contributed by atoms with Crippen LogP contribution in [0.1, 0.15) is 18.4 Å². The number of hydrogen-bond donors (Lipinski definition) is 1. The molecule has 1 N–H and O–H groups in total. The van der Waals surface area contributed by atoms with E-state index in [-0.39, 0.29) is 5.82 Å². The minimum Gasteiger partial charge on any atom is -0.385 e. The number of aromatic nitrogens is 2. The molecule has 1 aromatic carbocycles. The van der Waals surface area contributed by atoms with Crippen molar-refractivity contribution in [3.8, 4) is 6.07 Å². The van der Waals surface area contributed by atoms with E-state index in [0.29, 0.717) is 11.3 Å². The Morgan fingerprint density at radius 2 is 2.21 bits per heavy atom. The third kappa shape index (κ3) is 4.11. The van der Waals surface area contributed by atoms with E-state index in [9.17, 15) is 4.39 Å². The SMILES string of the molecule is N#Cc1cc(F)cc(NCCCCn2ccnc2)c1. The third-order valence-corrected chi connectivity index (χ3v) is 2.76. The average Bonchev–Trinajstić information content (AvgIpc) is 2.91. The average molecular weight is 258 g/mol. The molecular weight excluding hydrogens is 243 g/mol. The lowest BCUT2D eigenvalue weighted by atomic mass is 10.2. The topological polar surface area (TPSA) is 53.6 Å². The smallest absolute Gasteiger partial charge is 0.126 e. The Morgan fingerprint density at radius 1 is 1.32 bits per heavy atom. The van der Waals surface area contributed by atoms with Crippen LogP contribution in [0.2, 0.25) is 0 Å². The van der Waals surface area contributed by atoms with Crippen LogP contribution >= 0.6 is 0 Å². The van der Waals surface area contributed by atoms with Gasteiger partial charge in [-0.15, -0.1) is 0 Å². The predicted molar refractivity (Wildman–Crippen MR) is 71.1 cm³/mol. The van der Waals surface area contributed by atoms with E-state index in [2.05, 4.69) is 10.3 Å². The molecule has 0 saturated heterocycles. The minimum absolute atomic E-state index is 0.334. The second kappa shape index (κ2) is 6.55. The third-order valence-electron chi connectivity index (χ3n) is 2.76. The van der Waals surface area contributed by atoms with Crippen LogP contribution in [-0.2, 0) is 6.54 Å². The van der Waals surface area contributed by atoms with E-state index in [1.165, 1.54) is 12.1 Å². The second-order valence-corrected chi connectivity index (χ2v) is 4.27. The van der Waals surface area contributed by atoms with Crippen molar-refractivity contribution < 1.29 is 4.39 Å². The van der Waals surface area contributed by atoms with Crippen molar-refractivity contribution in [3.05, 3.63) is 48.3 Å². The first kappa shape index (κ1) is 13.1. The lowest BCUT2D eigenvalue weighted by Crippen LogP contribution is -2.04. The van der Waals surface area contributed by atoms with Crippen LogP contribution in [0.25, 0.3) is 0 Å². The minimum atomic E-state index is -0.389. The molecule has 0 atom stereocenters. The molecule has 0 fully saturated rings. The number of aryl methyl sites for hydroxylation is 1. The van der Waals surface area contributed by atoms with Crippen LogP contribution in [0.3, 0.4) is 0 Å². The van der Waals surface area contributed by atoms with Crippen molar-refractivity contribution in [2.75, 3.05) is 11.9 Å². The normalized spacial score (nSPS) is 10.1. The molecule has 0 bridgehead atoms. The Balaban J connectivity index is 1.73. The Bertz CT molecular complexity index is 557. The van der Waals surface area contributed by atoms with E-state index in [1.807, 2.05) is 16.8 Å². The van der Waals surface area contributed by atoms with Gasteiger partial charge in [0.1, 0.15) is 5.82 Å². The van der Waals surface area contributed by atoms with Crippen molar-refractivity contribution in [3.63, 3.8) is 0 Å². The van der Waals surface area contributed by atoms with Gasteiger partial charge >= 0.3 is 0 Å². The highest BCUT2D eigenvalue weighted by atomic mass is 19.1. The number of nitriles is 1.